The minimum Gasteiger partial charge on any atom is -0.495 e. The standard InChI is InChI=1S/C24H31ClN4O4/c1-28(17-24(31)27-21-13-20(25)7-8-22(21)32-2)16-23(30)26-14-18-5-3-4-6-19(18)15-29-9-11-33-12-10-29/h3-8,13H,9-12,14-17H2,1-2H3,(H,26,30)(H,27,31). The van der Waals surface area contributed by atoms with Crippen molar-refractivity contribution in [3.8, 4) is 5.75 Å². The van der Waals surface area contributed by atoms with E-state index in [-0.39, 0.29) is 24.9 Å². The van der Waals surface area contributed by atoms with E-state index in [1.54, 1.807) is 30.1 Å². The molecule has 2 amide bonds. The summed E-state index contributed by atoms with van der Waals surface area (Å²) in [5.41, 5.74) is 2.78. The predicted octanol–water partition coefficient (Wildman–Crippen LogP) is 2.37. The van der Waals surface area contributed by atoms with Gasteiger partial charge in [-0.1, -0.05) is 35.9 Å². The largest absolute Gasteiger partial charge is 0.495 e. The molecule has 0 aromatic heterocycles. The molecule has 0 radical (unpaired) electrons. The van der Waals surface area contributed by atoms with Gasteiger partial charge in [0, 0.05) is 31.2 Å². The lowest BCUT2D eigenvalue weighted by molar-refractivity contribution is -0.123. The molecule has 178 valence electrons. The van der Waals surface area contributed by atoms with Gasteiger partial charge < -0.3 is 20.1 Å². The Balaban J connectivity index is 1.46. The van der Waals surface area contributed by atoms with Crippen LogP contribution in [0.15, 0.2) is 42.5 Å². The number of hydrogen-bond acceptors (Lipinski definition) is 6. The van der Waals surface area contributed by atoms with Crippen molar-refractivity contribution in [3.05, 3.63) is 58.6 Å². The Hall–Kier alpha value is -2.65. The Morgan fingerprint density at radius 3 is 2.52 bits per heavy atom. The van der Waals surface area contributed by atoms with Crippen LogP contribution in [0.3, 0.4) is 0 Å². The Kier molecular flexibility index (Phi) is 9.50. The lowest BCUT2D eigenvalue weighted by Crippen LogP contribution is -2.39. The highest BCUT2D eigenvalue weighted by Crippen LogP contribution is 2.27. The summed E-state index contributed by atoms with van der Waals surface area (Å²) in [6, 6.07) is 13.1. The van der Waals surface area contributed by atoms with Gasteiger partial charge in [0.05, 0.1) is 39.1 Å². The topological polar surface area (TPSA) is 83.1 Å². The van der Waals surface area contributed by atoms with Gasteiger partial charge in [0.25, 0.3) is 0 Å². The fraction of sp³-hybridized carbons (Fsp3) is 0.417. The van der Waals surface area contributed by atoms with Crippen LogP contribution in [0.25, 0.3) is 0 Å². The van der Waals surface area contributed by atoms with Gasteiger partial charge in [0.1, 0.15) is 5.75 Å². The zero-order valence-electron chi connectivity index (χ0n) is 19.1. The summed E-state index contributed by atoms with van der Waals surface area (Å²) in [6.07, 6.45) is 0. The van der Waals surface area contributed by atoms with E-state index in [1.807, 2.05) is 18.2 Å². The third-order valence-corrected chi connectivity index (χ3v) is 5.59. The Morgan fingerprint density at radius 2 is 1.79 bits per heavy atom. The van der Waals surface area contributed by atoms with Gasteiger partial charge in [-0.3, -0.25) is 19.4 Å². The van der Waals surface area contributed by atoms with E-state index in [4.69, 9.17) is 21.1 Å². The maximum Gasteiger partial charge on any atom is 0.238 e. The molecule has 0 bridgehead atoms. The molecule has 2 aromatic carbocycles. The Morgan fingerprint density at radius 1 is 1.09 bits per heavy atom. The number of carbonyl (C=O) groups excluding carboxylic acids is 2. The van der Waals surface area contributed by atoms with Crippen LogP contribution < -0.4 is 15.4 Å². The quantitative estimate of drug-likeness (QED) is 0.550. The molecule has 0 aliphatic carbocycles. The van der Waals surface area contributed by atoms with Crippen LogP contribution >= 0.6 is 11.6 Å². The van der Waals surface area contributed by atoms with Crippen molar-refractivity contribution < 1.29 is 19.1 Å². The number of anilines is 1. The molecule has 0 spiro atoms. The summed E-state index contributed by atoms with van der Waals surface area (Å²) >= 11 is 6.00. The SMILES string of the molecule is COc1ccc(Cl)cc1NC(=O)CN(C)CC(=O)NCc1ccccc1CN1CCOCC1. The smallest absolute Gasteiger partial charge is 0.238 e. The number of nitrogens with zero attached hydrogens (tertiary/aromatic N) is 2. The summed E-state index contributed by atoms with van der Waals surface area (Å²) in [6.45, 7) is 4.76. The first-order valence-corrected chi connectivity index (χ1v) is 11.3. The molecule has 1 aliphatic rings. The highest BCUT2D eigenvalue weighted by Gasteiger charge is 2.15. The van der Waals surface area contributed by atoms with E-state index >= 15 is 0 Å². The van der Waals surface area contributed by atoms with Crippen molar-refractivity contribution in [2.24, 2.45) is 0 Å². The van der Waals surface area contributed by atoms with Gasteiger partial charge in [-0.05, 0) is 36.4 Å². The minimum atomic E-state index is -0.262. The average molecular weight is 475 g/mol. The van der Waals surface area contributed by atoms with Crippen LogP contribution in [0.5, 0.6) is 5.75 Å². The van der Waals surface area contributed by atoms with Crippen LogP contribution in [0, 0.1) is 0 Å². The molecule has 1 saturated heterocycles. The molecule has 33 heavy (non-hydrogen) atoms. The normalized spacial score (nSPS) is 14.2. The third kappa shape index (κ3) is 8.01. The highest BCUT2D eigenvalue weighted by molar-refractivity contribution is 6.31. The van der Waals surface area contributed by atoms with Crippen molar-refractivity contribution in [2.75, 3.05) is 58.9 Å². The van der Waals surface area contributed by atoms with E-state index in [0.717, 1.165) is 38.4 Å². The fourth-order valence-corrected chi connectivity index (χ4v) is 3.82. The van der Waals surface area contributed by atoms with E-state index in [1.165, 1.54) is 12.7 Å². The number of amides is 2. The first-order valence-electron chi connectivity index (χ1n) is 10.9. The first-order chi connectivity index (χ1) is 15.9. The molecule has 3 rings (SSSR count). The van der Waals surface area contributed by atoms with E-state index in [2.05, 4.69) is 21.6 Å². The predicted molar refractivity (Wildman–Crippen MR) is 129 cm³/mol. The molecule has 8 nitrogen and oxygen atoms in total. The Bertz CT molecular complexity index is 950. The molecule has 1 heterocycles. The second-order valence-corrected chi connectivity index (χ2v) is 8.44. The molecule has 0 atom stereocenters. The average Bonchev–Trinajstić information content (AvgIpc) is 2.79. The molecular formula is C24H31ClN4O4. The number of nitrogens with one attached hydrogen (secondary N) is 2. The fourth-order valence-electron chi connectivity index (χ4n) is 3.65. The van der Waals surface area contributed by atoms with E-state index in [9.17, 15) is 9.59 Å². The van der Waals surface area contributed by atoms with Crippen LogP contribution in [0.2, 0.25) is 5.02 Å². The molecule has 0 unspecified atom stereocenters. The van der Waals surface area contributed by atoms with Gasteiger partial charge in [-0.25, -0.2) is 0 Å². The molecule has 2 N–H and O–H groups in total. The van der Waals surface area contributed by atoms with Crippen LogP contribution in [0.4, 0.5) is 5.69 Å². The van der Waals surface area contributed by atoms with E-state index in [0.29, 0.717) is 23.0 Å². The van der Waals surface area contributed by atoms with Crippen molar-refractivity contribution in [1.82, 2.24) is 15.1 Å². The summed E-state index contributed by atoms with van der Waals surface area (Å²) in [5, 5.41) is 6.23. The van der Waals surface area contributed by atoms with E-state index < -0.39 is 0 Å². The number of rotatable bonds is 10. The van der Waals surface area contributed by atoms with Crippen molar-refractivity contribution in [1.29, 1.82) is 0 Å². The zero-order valence-corrected chi connectivity index (χ0v) is 19.9. The minimum absolute atomic E-state index is 0.0523. The lowest BCUT2D eigenvalue weighted by Gasteiger charge is -2.27. The monoisotopic (exact) mass is 474 g/mol. The lowest BCUT2D eigenvalue weighted by atomic mass is 10.1. The number of methoxy groups -OCH3 is 1. The number of benzene rings is 2. The van der Waals surface area contributed by atoms with Crippen LogP contribution in [0.1, 0.15) is 11.1 Å². The number of morpholine rings is 1. The second kappa shape index (κ2) is 12.6. The van der Waals surface area contributed by atoms with Gasteiger partial charge in [0.15, 0.2) is 0 Å². The van der Waals surface area contributed by atoms with Gasteiger partial charge in [0.2, 0.25) is 11.8 Å². The number of likely N-dealkylation sites (N-methyl/N-ethyl adjacent to an activating group) is 1. The Labute approximate surface area is 199 Å². The number of ether oxygens (including phenoxy) is 2. The maximum atomic E-state index is 12.5. The first kappa shape index (κ1) is 25.0. The number of carbonyl (C=O) groups is 2. The van der Waals surface area contributed by atoms with Gasteiger partial charge >= 0.3 is 0 Å². The molecule has 1 aliphatic heterocycles. The molecule has 9 heteroatoms. The van der Waals surface area contributed by atoms with Crippen LogP contribution in [-0.2, 0) is 27.4 Å². The third-order valence-electron chi connectivity index (χ3n) is 5.35. The number of halogens is 1. The number of hydrogen-bond donors (Lipinski definition) is 2. The zero-order chi connectivity index (χ0) is 23.6. The van der Waals surface area contributed by atoms with Crippen molar-refractivity contribution in [2.45, 2.75) is 13.1 Å². The summed E-state index contributed by atoms with van der Waals surface area (Å²) in [7, 11) is 3.25. The van der Waals surface area contributed by atoms with Crippen molar-refractivity contribution >= 4 is 29.1 Å². The summed E-state index contributed by atoms with van der Waals surface area (Å²) in [5.74, 6) is 0.109. The molecular weight excluding hydrogens is 444 g/mol. The van der Waals surface area contributed by atoms with Gasteiger partial charge in [-0.2, -0.15) is 0 Å². The summed E-state index contributed by atoms with van der Waals surface area (Å²) < 4.78 is 10.7. The molecule has 1 fully saturated rings. The van der Waals surface area contributed by atoms with Gasteiger partial charge in [-0.15, -0.1) is 0 Å². The molecule has 2 aromatic rings. The highest BCUT2D eigenvalue weighted by atomic mass is 35.5. The maximum absolute atomic E-state index is 12.5. The summed E-state index contributed by atoms with van der Waals surface area (Å²) in [4.78, 5) is 28.9. The van der Waals surface area contributed by atoms with Crippen LogP contribution in [-0.4, -0.2) is 75.2 Å². The van der Waals surface area contributed by atoms with Crippen molar-refractivity contribution in [3.63, 3.8) is 0 Å². The molecule has 0 saturated carbocycles. The second-order valence-electron chi connectivity index (χ2n) is 8.00.